The third-order valence-corrected chi connectivity index (χ3v) is 9.25. The zero-order chi connectivity index (χ0) is 40.3. The number of hydrogen-bond acceptors (Lipinski definition) is 8. The number of allylic oxidation sites excluding steroid dienone is 14. The Morgan fingerprint density at radius 3 is 1.47 bits per heavy atom. The maximum Gasteiger partial charge on any atom is 0.472 e. The number of carbonyl (C=O) groups excluding carboxylic acids is 2. The van der Waals surface area contributed by atoms with Gasteiger partial charge in [0.25, 0.3) is 0 Å². The average Bonchev–Trinajstić information content (AvgIpc) is 3.17. The molecule has 0 aromatic rings. The van der Waals surface area contributed by atoms with E-state index in [1.807, 2.05) is 0 Å². The van der Waals surface area contributed by atoms with Crippen LogP contribution in [0.15, 0.2) is 85.1 Å². The molecule has 314 valence electrons. The average molecular weight is 790 g/mol. The van der Waals surface area contributed by atoms with Crippen molar-refractivity contribution < 1.29 is 37.6 Å². The van der Waals surface area contributed by atoms with Crippen LogP contribution in [0.3, 0.4) is 0 Å². The van der Waals surface area contributed by atoms with E-state index in [1.54, 1.807) is 0 Å². The second-order valence-electron chi connectivity index (χ2n) is 13.5. The Hall–Kier alpha value is -2.81. The van der Waals surface area contributed by atoms with Crippen LogP contribution in [0.5, 0.6) is 0 Å². The van der Waals surface area contributed by atoms with E-state index in [0.29, 0.717) is 12.8 Å². The van der Waals surface area contributed by atoms with Crippen LogP contribution in [-0.2, 0) is 32.7 Å². The van der Waals surface area contributed by atoms with Crippen LogP contribution in [0.2, 0.25) is 0 Å². The summed E-state index contributed by atoms with van der Waals surface area (Å²) >= 11 is 0. The molecule has 0 heterocycles. The molecule has 3 N–H and O–H groups in total. The van der Waals surface area contributed by atoms with Crippen molar-refractivity contribution in [2.24, 2.45) is 5.73 Å². The SMILES string of the molecule is CC/C=C\C/C=C\C/C=C\C/C=C\CCCCCCC(=O)O[C@H](COC(=O)CCCCCC/C=C\C/C=C\C/C=C\CCCCC)COP(=O)(O)OCCN. The predicted octanol–water partition coefficient (Wildman–Crippen LogP) is 12.0. The van der Waals surface area contributed by atoms with Gasteiger partial charge in [-0.25, -0.2) is 4.57 Å². The van der Waals surface area contributed by atoms with Crippen LogP contribution < -0.4 is 5.73 Å². The van der Waals surface area contributed by atoms with E-state index in [-0.39, 0.29) is 32.6 Å². The number of nitrogens with two attached hydrogens (primary N) is 1. The second-order valence-corrected chi connectivity index (χ2v) is 14.9. The van der Waals surface area contributed by atoms with Crippen LogP contribution in [0, 0.1) is 0 Å². The van der Waals surface area contributed by atoms with Gasteiger partial charge in [0.2, 0.25) is 0 Å². The number of phosphoric ester groups is 1. The van der Waals surface area contributed by atoms with Crippen molar-refractivity contribution in [3.05, 3.63) is 85.1 Å². The molecule has 0 radical (unpaired) electrons. The summed E-state index contributed by atoms with van der Waals surface area (Å²) in [6, 6.07) is 0. The molecular formula is C45H76NO8P. The third kappa shape index (κ3) is 40.7. The van der Waals surface area contributed by atoms with E-state index < -0.39 is 32.5 Å². The number of ether oxygens (including phenoxy) is 2. The van der Waals surface area contributed by atoms with Gasteiger partial charge >= 0.3 is 19.8 Å². The Balaban J connectivity index is 4.28. The minimum atomic E-state index is -4.39. The zero-order valence-electron chi connectivity index (χ0n) is 34.4. The fourth-order valence-electron chi connectivity index (χ4n) is 5.16. The van der Waals surface area contributed by atoms with Crippen molar-refractivity contribution in [2.45, 2.75) is 161 Å². The molecule has 0 aromatic heterocycles. The molecule has 1 unspecified atom stereocenters. The monoisotopic (exact) mass is 790 g/mol. The van der Waals surface area contributed by atoms with E-state index in [4.69, 9.17) is 24.3 Å². The highest BCUT2D eigenvalue weighted by Gasteiger charge is 2.25. The normalized spacial score (nSPS) is 14.2. The maximum absolute atomic E-state index is 12.6. The number of esters is 2. The van der Waals surface area contributed by atoms with E-state index in [2.05, 4.69) is 98.9 Å². The second kappa shape index (κ2) is 40.8. The Kier molecular flexibility index (Phi) is 38.8. The molecule has 55 heavy (non-hydrogen) atoms. The molecular weight excluding hydrogens is 713 g/mol. The van der Waals surface area contributed by atoms with Gasteiger partial charge in [-0.15, -0.1) is 0 Å². The van der Waals surface area contributed by atoms with Gasteiger partial charge in [-0.2, -0.15) is 0 Å². The smallest absolute Gasteiger partial charge is 0.462 e. The summed E-state index contributed by atoms with van der Waals surface area (Å²) in [6.07, 6.45) is 50.4. The highest BCUT2D eigenvalue weighted by molar-refractivity contribution is 7.47. The van der Waals surface area contributed by atoms with Crippen molar-refractivity contribution in [3.63, 3.8) is 0 Å². The highest BCUT2D eigenvalue weighted by atomic mass is 31.2. The molecule has 0 aliphatic heterocycles. The van der Waals surface area contributed by atoms with Crippen LogP contribution in [0.25, 0.3) is 0 Å². The van der Waals surface area contributed by atoms with Crippen LogP contribution in [0.4, 0.5) is 0 Å². The lowest BCUT2D eigenvalue weighted by molar-refractivity contribution is -0.161. The quantitative estimate of drug-likeness (QED) is 0.0271. The van der Waals surface area contributed by atoms with Gasteiger partial charge in [-0.05, 0) is 89.9 Å². The van der Waals surface area contributed by atoms with Gasteiger partial charge < -0.3 is 20.1 Å². The molecule has 0 bridgehead atoms. The Bertz CT molecular complexity index is 1170. The summed E-state index contributed by atoms with van der Waals surface area (Å²) in [6.45, 7) is 3.51. The van der Waals surface area contributed by atoms with E-state index in [1.165, 1.54) is 25.7 Å². The maximum atomic E-state index is 12.6. The first kappa shape index (κ1) is 52.2. The first-order chi connectivity index (χ1) is 26.8. The standard InChI is InChI=1S/C45H76NO8P/c1-3-5-7-9-11-13-15-17-19-21-23-25-27-29-31-33-35-37-44(47)51-41-43(42-53-55(49,50)52-40-39-46)54-45(48)38-36-34-32-30-28-26-24-22-20-18-16-14-12-10-8-6-4-2/h6,8,11-14,17-20,23-26,43H,3-5,7,9-10,15-16,21-22,27-42,46H2,1-2H3,(H,49,50)/b8-6-,13-11-,14-12-,19-17-,20-18-,25-23-,26-24-/t43-/m1/s1. The van der Waals surface area contributed by atoms with E-state index in [9.17, 15) is 19.0 Å². The van der Waals surface area contributed by atoms with E-state index in [0.717, 1.165) is 89.9 Å². The summed E-state index contributed by atoms with van der Waals surface area (Å²) in [7, 11) is -4.39. The van der Waals surface area contributed by atoms with Gasteiger partial charge in [-0.3, -0.25) is 18.6 Å². The highest BCUT2D eigenvalue weighted by Crippen LogP contribution is 2.43. The Morgan fingerprint density at radius 1 is 0.564 bits per heavy atom. The Labute approximate surface area is 334 Å². The third-order valence-electron chi connectivity index (χ3n) is 8.27. The summed E-state index contributed by atoms with van der Waals surface area (Å²) in [4.78, 5) is 34.8. The van der Waals surface area contributed by atoms with Crippen molar-refractivity contribution >= 4 is 19.8 Å². The molecule has 0 spiro atoms. The minimum Gasteiger partial charge on any atom is -0.462 e. The van der Waals surface area contributed by atoms with Gasteiger partial charge in [0.05, 0.1) is 13.2 Å². The predicted molar refractivity (Wildman–Crippen MR) is 229 cm³/mol. The summed E-state index contributed by atoms with van der Waals surface area (Å²) in [5.41, 5.74) is 5.34. The first-order valence-corrected chi connectivity index (χ1v) is 22.6. The fraction of sp³-hybridized carbons (Fsp3) is 0.644. The molecule has 0 saturated carbocycles. The molecule has 0 fully saturated rings. The van der Waals surface area contributed by atoms with Crippen molar-refractivity contribution in [1.29, 1.82) is 0 Å². The molecule has 2 atom stereocenters. The summed E-state index contributed by atoms with van der Waals surface area (Å²) in [5.74, 6) is -0.891. The largest absolute Gasteiger partial charge is 0.472 e. The Morgan fingerprint density at radius 2 is 1.00 bits per heavy atom. The lowest BCUT2D eigenvalue weighted by Crippen LogP contribution is -2.29. The molecule has 0 aromatic carbocycles. The first-order valence-electron chi connectivity index (χ1n) is 21.1. The number of rotatable bonds is 38. The summed E-state index contributed by atoms with van der Waals surface area (Å²) < 4.78 is 32.7. The molecule has 0 rings (SSSR count). The molecule has 9 nitrogen and oxygen atoms in total. The number of unbranched alkanes of at least 4 members (excludes halogenated alkanes) is 11. The molecule has 0 aliphatic carbocycles. The van der Waals surface area contributed by atoms with Crippen molar-refractivity contribution in [3.8, 4) is 0 Å². The lowest BCUT2D eigenvalue weighted by Gasteiger charge is -2.19. The number of phosphoric acid groups is 1. The fourth-order valence-corrected chi connectivity index (χ4v) is 5.92. The summed E-state index contributed by atoms with van der Waals surface area (Å²) in [5, 5.41) is 0. The molecule has 0 amide bonds. The van der Waals surface area contributed by atoms with Gasteiger partial charge in [0.1, 0.15) is 6.61 Å². The number of hydrogen-bond donors (Lipinski definition) is 2. The lowest BCUT2D eigenvalue weighted by atomic mass is 10.1. The zero-order valence-corrected chi connectivity index (χ0v) is 35.3. The molecule has 0 saturated heterocycles. The van der Waals surface area contributed by atoms with Crippen molar-refractivity contribution in [2.75, 3.05) is 26.4 Å². The minimum absolute atomic E-state index is 0.0409. The van der Waals surface area contributed by atoms with E-state index >= 15 is 0 Å². The van der Waals surface area contributed by atoms with Gasteiger partial charge in [0.15, 0.2) is 6.10 Å². The van der Waals surface area contributed by atoms with Crippen molar-refractivity contribution in [1.82, 2.24) is 0 Å². The van der Waals surface area contributed by atoms with Crippen LogP contribution >= 0.6 is 7.82 Å². The van der Waals surface area contributed by atoms with Gasteiger partial charge in [0, 0.05) is 19.4 Å². The van der Waals surface area contributed by atoms with Crippen LogP contribution in [0.1, 0.15) is 155 Å². The topological polar surface area (TPSA) is 134 Å². The molecule has 10 heteroatoms. The molecule has 0 aliphatic rings. The number of carbonyl (C=O) groups is 2. The van der Waals surface area contributed by atoms with Crippen LogP contribution in [-0.4, -0.2) is 49.3 Å². The van der Waals surface area contributed by atoms with Gasteiger partial charge in [-0.1, -0.05) is 137 Å².